The SMILES string of the molecule is CCNC(C)(CO)CCN1CC(C)OCC1C. The van der Waals surface area contributed by atoms with Crippen molar-refractivity contribution in [3.8, 4) is 0 Å². The number of hydrogen-bond donors (Lipinski definition) is 2. The lowest BCUT2D eigenvalue weighted by molar-refractivity contribution is -0.0523. The van der Waals surface area contributed by atoms with Crippen LogP contribution >= 0.6 is 0 Å². The molecule has 102 valence electrons. The van der Waals surface area contributed by atoms with Gasteiger partial charge in [0.1, 0.15) is 0 Å². The molecule has 4 nitrogen and oxygen atoms in total. The fourth-order valence-corrected chi connectivity index (χ4v) is 2.32. The molecule has 0 aromatic heterocycles. The van der Waals surface area contributed by atoms with Crippen molar-refractivity contribution in [3.05, 3.63) is 0 Å². The summed E-state index contributed by atoms with van der Waals surface area (Å²) in [5.74, 6) is 0. The van der Waals surface area contributed by atoms with Gasteiger partial charge in [-0.05, 0) is 33.7 Å². The number of rotatable bonds is 6. The van der Waals surface area contributed by atoms with Crippen LogP contribution in [-0.4, -0.2) is 60.5 Å². The van der Waals surface area contributed by atoms with E-state index in [1.165, 1.54) is 0 Å². The molecule has 2 N–H and O–H groups in total. The van der Waals surface area contributed by atoms with E-state index in [2.05, 4.69) is 37.9 Å². The maximum absolute atomic E-state index is 9.46. The van der Waals surface area contributed by atoms with E-state index in [-0.39, 0.29) is 12.1 Å². The first-order valence-corrected chi connectivity index (χ1v) is 6.72. The highest BCUT2D eigenvalue weighted by Crippen LogP contribution is 2.15. The highest BCUT2D eigenvalue weighted by atomic mass is 16.5. The molecule has 1 saturated heterocycles. The van der Waals surface area contributed by atoms with Crippen molar-refractivity contribution >= 4 is 0 Å². The molecule has 4 heteroatoms. The van der Waals surface area contributed by atoms with Gasteiger partial charge >= 0.3 is 0 Å². The molecule has 3 atom stereocenters. The molecule has 0 spiro atoms. The maximum atomic E-state index is 9.46. The zero-order valence-electron chi connectivity index (χ0n) is 11.7. The lowest BCUT2D eigenvalue weighted by Gasteiger charge is -2.39. The molecule has 0 saturated carbocycles. The highest BCUT2D eigenvalue weighted by Gasteiger charge is 2.27. The van der Waals surface area contributed by atoms with Crippen molar-refractivity contribution in [2.24, 2.45) is 0 Å². The van der Waals surface area contributed by atoms with E-state index in [4.69, 9.17) is 4.74 Å². The van der Waals surface area contributed by atoms with Crippen LogP contribution in [0, 0.1) is 0 Å². The fraction of sp³-hybridized carbons (Fsp3) is 1.00. The molecular weight excluding hydrogens is 216 g/mol. The minimum absolute atomic E-state index is 0.157. The molecule has 0 radical (unpaired) electrons. The van der Waals surface area contributed by atoms with Crippen molar-refractivity contribution in [1.29, 1.82) is 0 Å². The Morgan fingerprint density at radius 1 is 1.47 bits per heavy atom. The molecule has 1 heterocycles. The molecule has 0 aromatic carbocycles. The monoisotopic (exact) mass is 244 g/mol. The van der Waals surface area contributed by atoms with Crippen molar-refractivity contribution in [2.75, 3.05) is 32.8 Å². The predicted octanol–water partition coefficient (Wildman–Crippen LogP) is 0.846. The lowest BCUT2D eigenvalue weighted by atomic mass is 9.98. The summed E-state index contributed by atoms with van der Waals surface area (Å²) in [5.41, 5.74) is -0.157. The summed E-state index contributed by atoms with van der Waals surface area (Å²) in [4.78, 5) is 2.46. The van der Waals surface area contributed by atoms with E-state index in [1.54, 1.807) is 0 Å². The number of aliphatic hydroxyl groups excluding tert-OH is 1. The molecule has 1 aliphatic heterocycles. The van der Waals surface area contributed by atoms with E-state index >= 15 is 0 Å². The quantitative estimate of drug-likeness (QED) is 0.727. The second kappa shape index (κ2) is 6.69. The third-order valence-corrected chi connectivity index (χ3v) is 3.64. The van der Waals surface area contributed by atoms with Crippen LogP contribution in [0.15, 0.2) is 0 Å². The van der Waals surface area contributed by atoms with E-state index in [0.29, 0.717) is 12.1 Å². The largest absolute Gasteiger partial charge is 0.394 e. The zero-order chi connectivity index (χ0) is 12.9. The third-order valence-electron chi connectivity index (χ3n) is 3.64. The second-order valence-corrected chi connectivity index (χ2v) is 5.49. The van der Waals surface area contributed by atoms with Crippen molar-refractivity contribution < 1.29 is 9.84 Å². The van der Waals surface area contributed by atoms with Gasteiger partial charge in [0, 0.05) is 24.7 Å². The van der Waals surface area contributed by atoms with Gasteiger partial charge in [-0.1, -0.05) is 6.92 Å². The van der Waals surface area contributed by atoms with Crippen molar-refractivity contribution in [1.82, 2.24) is 10.2 Å². The summed E-state index contributed by atoms with van der Waals surface area (Å²) in [6, 6.07) is 0.482. The van der Waals surface area contributed by atoms with Crippen LogP contribution in [0.2, 0.25) is 0 Å². The van der Waals surface area contributed by atoms with Gasteiger partial charge in [-0.2, -0.15) is 0 Å². The number of nitrogens with zero attached hydrogens (tertiary/aromatic N) is 1. The summed E-state index contributed by atoms with van der Waals surface area (Å²) in [6.45, 7) is 12.4. The summed E-state index contributed by atoms with van der Waals surface area (Å²) in [6.07, 6.45) is 1.29. The van der Waals surface area contributed by atoms with E-state index in [1.807, 2.05) is 0 Å². The van der Waals surface area contributed by atoms with Gasteiger partial charge in [-0.15, -0.1) is 0 Å². The van der Waals surface area contributed by atoms with Gasteiger partial charge < -0.3 is 15.2 Å². The predicted molar refractivity (Wildman–Crippen MR) is 70.2 cm³/mol. The summed E-state index contributed by atoms with van der Waals surface area (Å²) < 4.78 is 5.62. The highest BCUT2D eigenvalue weighted by molar-refractivity contribution is 4.85. The second-order valence-electron chi connectivity index (χ2n) is 5.49. The molecular formula is C13H28N2O2. The fourth-order valence-electron chi connectivity index (χ4n) is 2.32. The summed E-state index contributed by atoms with van der Waals surface area (Å²) in [7, 11) is 0. The standard InChI is InChI=1S/C13H28N2O2/c1-5-14-13(4,10-16)6-7-15-8-12(3)17-9-11(15)2/h11-12,14,16H,5-10H2,1-4H3. The molecule has 0 amide bonds. The smallest absolute Gasteiger partial charge is 0.0674 e. The van der Waals surface area contributed by atoms with E-state index in [9.17, 15) is 5.11 Å². The molecule has 0 aliphatic carbocycles. The third kappa shape index (κ3) is 4.54. The first kappa shape index (κ1) is 14.9. The van der Waals surface area contributed by atoms with E-state index in [0.717, 1.165) is 32.7 Å². The number of morpholine rings is 1. The van der Waals surface area contributed by atoms with Gasteiger partial charge in [0.25, 0.3) is 0 Å². The lowest BCUT2D eigenvalue weighted by Crippen LogP contribution is -2.52. The Balaban J connectivity index is 2.42. The van der Waals surface area contributed by atoms with Crippen LogP contribution in [0.25, 0.3) is 0 Å². The van der Waals surface area contributed by atoms with Gasteiger partial charge in [0.2, 0.25) is 0 Å². The minimum atomic E-state index is -0.157. The average molecular weight is 244 g/mol. The van der Waals surface area contributed by atoms with Crippen molar-refractivity contribution in [3.63, 3.8) is 0 Å². The van der Waals surface area contributed by atoms with Crippen molar-refractivity contribution in [2.45, 2.75) is 51.8 Å². The summed E-state index contributed by atoms with van der Waals surface area (Å²) >= 11 is 0. The molecule has 1 fully saturated rings. The van der Waals surface area contributed by atoms with Gasteiger partial charge in [-0.3, -0.25) is 4.90 Å². The Hall–Kier alpha value is -0.160. The Morgan fingerprint density at radius 3 is 2.76 bits per heavy atom. The number of hydrogen-bond acceptors (Lipinski definition) is 4. The first-order chi connectivity index (χ1) is 8.00. The number of aliphatic hydroxyl groups is 1. The van der Waals surface area contributed by atoms with Crippen LogP contribution in [0.1, 0.15) is 34.1 Å². The number of likely N-dealkylation sites (N-methyl/N-ethyl adjacent to an activating group) is 1. The molecule has 3 unspecified atom stereocenters. The van der Waals surface area contributed by atoms with Gasteiger partial charge in [0.15, 0.2) is 0 Å². The number of ether oxygens (including phenoxy) is 1. The Kier molecular flexibility index (Phi) is 5.86. The first-order valence-electron chi connectivity index (χ1n) is 6.72. The van der Waals surface area contributed by atoms with Crippen LogP contribution in [-0.2, 0) is 4.74 Å². The normalized spacial score (nSPS) is 30.2. The zero-order valence-corrected chi connectivity index (χ0v) is 11.7. The van der Waals surface area contributed by atoms with Crippen LogP contribution < -0.4 is 5.32 Å². The maximum Gasteiger partial charge on any atom is 0.0674 e. The minimum Gasteiger partial charge on any atom is -0.394 e. The topological polar surface area (TPSA) is 44.7 Å². The molecule has 1 aliphatic rings. The molecule has 1 rings (SSSR count). The van der Waals surface area contributed by atoms with E-state index < -0.39 is 0 Å². The Morgan fingerprint density at radius 2 is 2.18 bits per heavy atom. The van der Waals surface area contributed by atoms with Crippen LogP contribution in [0.3, 0.4) is 0 Å². The van der Waals surface area contributed by atoms with Crippen LogP contribution in [0.5, 0.6) is 0 Å². The Labute approximate surface area is 105 Å². The molecule has 0 bridgehead atoms. The van der Waals surface area contributed by atoms with Crippen LogP contribution in [0.4, 0.5) is 0 Å². The molecule has 17 heavy (non-hydrogen) atoms. The average Bonchev–Trinajstić information content (AvgIpc) is 2.31. The number of nitrogens with one attached hydrogen (secondary N) is 1. The molecule has 0 aromatic rings. The van der Waals surface area contributed by atoms with Gasteiger partial charge in [-0.25, -0.2) is 0 Å². The van der Waals surface area contributed by atoms with Gasteiger partial charge in [0.05, 0.1) is 19.3 Å². The summed E-state index contributed by atoms with van der Waals surface area (Å²) in [5, 5.41) is 12.8. The Bertz CT molecular complexity index is 225.